The Morgan fingerprint density at radius 2 is 2.42 bits per heavy atom. The van der Waals surface area contributed by atoms with Gasteiger partial charge in [-0.2, -0.15) is 0 Å². The van der Waals surface area contributed by atoms with Crippen molar-refractivity contribution in [3.63, 3.8) is 0 Å². The Labute approximate surface area is 73.2 Å². The maximum Gasteiger partial charge on any atom is 0.239 e. The lowest BCUT2D eigenvalue weighted by Gasteiger charge is -2.25. The van der Waals surface area contributed by atoms with E-state index in [0.717, 1.165) is 25.9 Å². The van der Waals surface area contributed by atoms with Gasteiger partial charge in [-0.1, -0.05) is 19.1 Å². The standard InChI is InChI=1S/C9H16N2O/c1-2-8(10)9(12)11-6-4-3-5-7-11/h3-4,8H,2,5-7,10H2,1H3/t8-/m0/s1. The van der Waals surface area contributed by atoms with E-state index in [1.807, 2.05) is 17.9 Å². The summed E-state index contributed by atoms with van der Waals surface area (Å²) in [4.78, 5) is 13.3. The van der Waals surface area contributed by atoms with Gasteiger partial charge in [-0.3, -0.25) is 4.79 Å². The molecule has 1 rings (SSSR count). The van der Waals surface area contributed by atoms with E-state index in [1.165, 1.54) is 0 Å². The smallest absolute Gasteiger partial charge is 0.239 e. The van der Waals surface area contributed by atoms with Gasteiger partial charge in [0.1, 0.15) is 0 Å². The Hall–Kier alpha value is -0.830. The molecule has 0 saturated heterocycles. The van der Waals surface area contributed by atoms with E-state index >= 15 is 0 Å². The van der Waals surface area contributed by atoms with Crippen molar-refractivity contribution in [3.05, 3.63) is 12.2 Å². The van der Waals surface area contributed by atoms with E-state index in [9.17, 15) is 4.79 Å². The largest absolute Gasteiger partial charge is 0.337 e. The Morgan fingerprint density at radius 3 is 2.92 bits per heavy atom. The summed E-state index contributed by atoms with van der Waals surface area (Å²) in [7, 11) is 0. The van der Waals surface area contributed by atoms with Crippen LogP contribution in [0.15, 0.2) is 12.2 Å². The number of carbonyl (C=O) groups is 1. The molecule has 0 saturated carbocycles. The number of carbonyl (C=O) groups excluding carboxylic acids is 1. The van der Waals surface area contributed by atoms with Crippen LogP contribution < -0.4 is 5.73 Å². The second kappa shape index (κ2) is 4.26. The van der Waals surface area contributed by atoms with Crippen LogP contribution in [0.3, 0.4) is 0 Å². The van der Waals surface area contributed by atoms with Crippen molar-refractivity contribution < 1.29 is 4.79 Å². The maximum absolute atomic E-state index is 11.5. The van der Waals surface area contributed by atoms with Crippen LogP contribution in [-0.4, -0.2) is 29.9 Å². The molecular formula is C9H16N2O. The minimum atomic E-state index is -0.309. The molecule has 0 aromatic carbocycles. The van der Waals surface area contributed by atoms with Crippen LogP contribution in [0.5, 0.6) is 0 Å². The molecule has 3 nitrogen and oxygen atoms in total. The van der Waals surface area contributed by atoms with Gasteiger partial charge in [-0.05, 0) is 12.8 Å². The van der Waals surface area contributed by atoms with Crippen LogP contribution in [0.1, 0.15) is 19.8 Å². The highest BCUT2D eigenvalue weighted by atomic mass is 16.2. The molecule has 0 spiro atoms. The van der Waals surface area contributed by atoms with Gasteiger partial charge in [0.05, 0.1) is 6.04 Å². The number of nitrogens with two attached hydrogens (primary N) is 1. The first kappa shape index (κ1) is 9.26. The molecule has 12 heavy (non-hydrogen) atoms. The molecule has 68 valence electrons. The molecule has 0 aromatic heterocycles. The summed E-state index contributed by atoms with van der Waals surface area (Å²) in [5.41, 5.74) is 5.63. The maximum atomic E-state index is 11.5. The fraction of sp³-hybridized carbons (Fsp3) is 0.667. The number of hydrogen-bond donors (Lipinski definition) is 1. The van der Waals surface area contributed by atoms with Crippen molar-refractivity contribution in [2.24, 2.45) is 5.73 Å². The predicted molar refractivity (Wildman–Crippen MR) is 48.6 cm³/mol. The fourth-order valence-corrected chi connectivity index (χ4v) is 1.25. The molecule has 2 N–H and O–H groups in total. The third kappa shape index (κ3) is 2.08. The molecule has 1 aliphatic heterocycles. The number of hydrogen-bond acceptors (Lipinski definition) is 2. The number of amides is 1. The first-order chi connectivity index (χ1) is 5.75. The molecule has 0 aromatic rings. The van der Waals surface area contributed by atoms with Crippen LogP contribution in [0.2, 0.25) is 0 Å². The average molecular weight is 168 g/mol. The molecule has 3 heteroatoms. The molecule has 1 atom stereocenters. The molecule has 0 aliphatic carbocycles. The minimum Gasteiger partial charge on any atom is -0.337 e. The average Bonchev–Trinajstić information content (AvgIpc) is 2.17. The summed E-state index contributed by atoms with van der Waals surface area (Å²) >= 11 is 0. The van der Waals surface area contributed by atoms with Crippen molar-refractivity contribution in [2.75, 3.05) is 13.1 Å². The summed E-state index contributed by atoms with van der Waals surface area (Å²) in [5.74, 6) is 0.0850. The summed E-state index contributed by atoms with van der Waals surface area (Å²) in [6.45, 7) is 3.48. The van der Waals surface area contributed by atoms with Gasteiger partial charge in [0, 0.05) is 13.1 Å². The van der Waals surface area contributed by atoms with Gasteiger partial charge in [0.25, 0.3) is 0 Å². The topological polar surface area (TPSA) is 46.3 Å². The molecule has 0 fully saturated rings. The van der Waals surface area contributed by atoms with Crippen molar-refractivity contribution >= 4 is 5.91 Å². The quantitative estimate of drug-likeness (QED) is 0.611. The van der Waals surface area contributed by atoms with E-state index in [2.05, 4.69) is 6.08 Å². The van der Waals surface area contributed by atoms with Gasteiger partial charge in [-0.15, -0.1) is 0 Å². The molecule has 1 amide bonds. The highest BCUT2D eigenvalue weighted by Crippen LogP contribution is 2.03. The number of rotatable bonds is 2. The Morgan fingerprint density at radius 1 is 1.67 bits per heavy atom. The van der Waals surface area contributed by atoms with Crippen molar-refractivity contribution in [1.82, 2.24) is 4.90 Å². The van der Waals surface area contributed by atoms with Crippen molar-refractivity contribution in [3.8, 4) is 0 Å². The minimum absolute atomic E-state index is 0.0850. The molecule has 0 bridgehead atoms. The third-order valence-corrected chi connectivity index (χ3v) is 2.13. The summed E-state index contributed by atoms with van der Waals surface area (Å²) in [5, 5.41) is 0. The molecule has 0 radical (unpaired) electrons. The lowest BCUT2D eigenvalue weighted by atomic mass is 10.2. The van der Waals surface area contributed by atoms with E-state index < -0.39 is 0 Å². The van der Waals surface area contributed by atoms with Crippen LogP contribution in [0.25, 0.3) is 0 Å². The fourth-order valence-electron chi connectivity index (χ4n) is 1.25. The second-order valence-electron chi connectivity index (χ2n) is 3.06. The van der Waals surface area contributed by atoms with E-state index in [-0.39, 0.29) is 11.9 Å². The summed E-state index contributed by atoms with van der Waals surface area (Å²) < 4.78 is 0. The Balaban J connectivity index is 2.46. The first-order valence-electron chi connectivity index (χ1n) is 4.45. The predicted octanol–water partition coefficient (Wildman–Crippen LogP) is 0.512. The van der Waals surface area contributed by atoms with Crippen molar-refractivity contribution in [2.45, 2.75) is 25.8 Å². The van der Waals surface area contributed by atoms with Gasteiger partial charge < -0.3 is 10.6 Å². The zero-order valence-electron chi connectivity index (χ0n) is 7.49. The SMILES string of the molecule is CC[C@H](N)C(=O)N1CC=CCC1. The lowest BCUT2D eigenvalue weighted by Crippen LogP contribution is -2.44. The zero-order chi connectivity index (χ0) is 8.97. The zero-order valence-corrected chi connectivity index (χ0v) is 7.49. The molecule has 0 unspecified atom stereocenters. The van der Waals surface area contributed by atoms with Crippen LogP contribution in [0, 0.1) is 0 Å². The van der Waals surface area contributed by atoms with Crippen LogP contribution >= 0.6 is 0 Å². The highest BCUT2D eigenvalue weighted by Gasteiger charge is 2.18. The van der Waals surface area contributed by atoms with Crippen LogP contribution in [0.4, 0.5) is 0 Å². The van der Waals surface area contributed by atoms with Crippen molar-refractivity contribution in [1.29, 1.82) is 0 Å². The summed E-state index contributed by atoms with van der Waals surface area (Å²) in [6.07, 6.45) is 5.80. The Kier molecular flexibility index (Phi) is 3.29. The van der Waals surface area contributed by atoms with Gasteiger partial charge >= 0.3 is 0 Å². The first-order valence-corrected chi connectivity index (χ1v) is 4.45. The van der Waals surface area contributed by atoms with E-state index in [4.69, 9.17) is 5.73 Å². The third-order valence-electron chi connectivity index (χ3n) is 2.13. The second-order valence-corrected chi connectivity index (χ2v) is 3.06. The van der Waals surface area contributed by atoms with Gasteiger partial charge in [0.15, 0.2) is 0 Å². The Bertz CT molecular complexity index is 189. The van der Waals surface area contributed by atoms with Gasteiger partial charge in [0.2, 0.25) is 5.91 Å². The van der Waals surface area contributed by atoms with E-state index in [1.54, 1.807) is 0 Å². The van der Waals surface area contributed by atoms with Crippen LogP contribution in [-0.2, 0) is 4.79 Å². The molecule has 1 aliphatic rings. The lowest BCUT2D eigenvalue weighted by molar-refractivity contribution is -0.132. The highest BCUT2D eigenvalue weighted by molar-refractivity contribution is 5.81. The summed E-state index contributed by atoms with van der Waals surface area (Å²) in [6, 6.07) is -0.309. The monoisotopic (exact) mass is 168 g/mol. The molecule has 1 heterocycles. The van der Waals surface area contributed by atoms with Gasteiger partial charge in [-0.25, -0.2) is 0 Å². The molecular weight excluding hydrogens is 152 g/mol. The van der Waals surface area contributed by atoms with E-state index in [0.29, 0.717) is 0 Å². The normalized spacial score (nSPS) is 19.3. The number of nitrogens with zero attached hydrogens (tertiary/aromatic N) is 1.